The molecule has 0 radical (unpaired) electrons. The van der Waals surface area contributed by atoms with E-state index >= 15 is 0 Å². The predicted molar refractivity (Wildman–Crippen MR) is 104 cm³/mol. The van der Waals surface area contributed by atoms with Gasteiger partial charge < -0.3 is 15.0 Å². The summed E-state index contributed by atoms with van der Waals surface area (Å²) in [6, 6.07) is 9.51. The lowest BCUT2D eigenvalue weighted by atomic mass is 10.3. The molecule has 0 aliphatic heterocycles. The Bertz CT molecular complexity index is 1100. The summed E-state index contributed by atoms with van der Waals surface area (Å²) in [7, 11) is 0. The van der Waals surface area contributed by atoms with Gasteiger partial charge in [-0.25, -0.2) is 9.97 Å². The maximum absolute atomic E-state index is 11.1. The maximum Gasteiger partial charge on any atom is 0.221 e. The molecule has 136 valence electrons. The number of imidazole rings is 1. The Morgan fingerprint density at radius 1 is 1.22 bits per heavy atom. The van der Waals surface area contributed by atoms with Crippen molar-refractivity contribution in [3.8, 4) is 0 Å². The molecule has 27 heavy (non-hydrogen) atoms. The number of nitrogens with zero attached hydrogens (tertiary/aromatic N) is 4. The number of H-pyrrole nitrogens is 1. The number of hydrogen-bond acceptors (Lipinski definition) is 6. The molecule has 4 aromatic rings. The van der Waals surface area contributed by atoms with E-state index in [0.717, 1.165) is 26.9 Å². The number of rotatable bonds is 5. The molecular weight excluding hydrogens is 362 g/mol. The first kappa shape index (κ1) is 17.1. The van der Waals surface area contributed by atoms with Crippen molar-refractivity contribution in [1.82, 2.24) is 24.6 Å². The first-order valence-corrected chi connectivity index (χ1v) is 9.07. The third-order valence-corrected chi connectivity index (χ3v) is 4.67. The highest BCUT2D eigenvalue weighted by molar-refractivity contribution is 7.99. The van der Waals surface area contributed by atoms with Gasteiger partial charge in [-0.05, 0) is 31.2 Å². The molecule has 9 heteroatoms. The number of benzene rings is 1. The van der Waals surface area contributed by atoms with Crippen LogP contribution in [0.25, 0.3) is 5.65 Å². The molecule has 0 spiro atoms. The molecule has 3 aromatic heterocycles. The van der Waals surface area contributed by atoms with Crippen LogP contribution in [0.1, 0.15) is 12.6 Å². The molecule has 8 nitrogen and oxygen atoms in total. The molecule has 0 aliphatic rings. The molecule has 0 aliphatic carbocycles. The number of hydrogen-bond donors (Lipinski definition) is 3. The highest BCUT2D eigenvalue weighted by Gasteiger charge is 2.11. The van der Waals surface area contributed by atoms with E-state index in [0.29, 0.717) is 11.6 Å². The minimum absolute atomic E-state index is 0.0939. The van der Waals surface area contributed by atoms with Crippen molar-refractivity contribution in [3.05, 3.63) is 54.6 Å². The van der Waals surface area contributed by atoms with Crippen molar-refractivity contribution in [2.24, 2.45) is 0 Å². The zero-order valence-electron chi connectivity index (χ0n) is 14.7. The van der Waals surface area contributed by atoms with Gasteiger partial charge in [-0.3, -0.25) is 9.89 Å². The van der Waals surface area contributed by atoms with Crippen LogP contribution in [0.15, 0.2) is 58.8 Å². The Hall–Kier alpha value is -3.33. The SMILES string of the molecule is CC(=O)Nc1ccc(Sc2nc(Nc3cc(C)[nH]n3)cn3ccnc23)cc1. The van der Waals surface area contributed by atoms with Gasteiger partial charge in [0.05, 0.1) is 6.20 Å². The summed E-state index contributed by atoms with van der Waals surface area (Å²) in [5, 5.41) is 13.8. The number of amides is 1. The highest BCUT2D eigenvalue weighted by atomic mass is 32.2. The predicted octanol–water partition coefficient (Wildman–Crippen LogP) is 3.61. The molecule has 0 saturated heterocycles. The van der Waals surface area contributed by atoms with Crippen LogP contribution in [-0.4, -0.2) is 30.5 Å². The van der Waals surface area contributed by atoms with Crippen molar-refractivity contribution in [1.29, 1.82) is 0 Å². The highest BCUT2D eigenvalue weighted by Crippen LogP contribution is 2.31. The lowest BCUT2D eigenvalue weighted by molar-refractivity contribution is -0.114. The fourth-order valence-electron chi connectivity index (χ4n) is 2.57. The molecule has 0 atom stereocenters. The molecule has 1 amide bonds. The molecule has 0 saturated carbocycles. The zero-order valence-corrected chi connectivity index (χ0v) is 15.5. The molecule has 0 bridgehead atoms. The van der Waals surface area contributed by atoms with Gasteiger partial charge in [0.15, 0.2) is 11.5 Å². The second-order valence-electron chi connectivity index (χ2n) is 5.96. The van der Waals surface area contributed by atoms with Gasteiger partial charge in [-0.15, -0.1) is 0 Å². The largest absolute Gasteiger partial charge is 0.326 e. The van der Waals surface area contributed by atoms with Crippen LogP contribution in [-0.2, 0) is 4.79 Å². The van der Waals surface area contributed by atoms with E-state index in [4.69, 9.17) is 0 Å². The minimum Gasteiger partial charge on any atom is -0.326 e. The van der Waals surface area contributed by atoms with Crippen LogP contribution in [0.4, 0.5) is 17.3 Å². The normalized spacial score (nSPS) is 10.9. The smallest absolute Gasteiger partial charge is 0.221 e. The summed E-state index contributed by atoms with van der Waals surface area (Å²) in [5.41, 5.74) is 2.50. The number of nitrogens with one attached hydrogen (secondary N) is 3. The molecule has 0 unspecified atom stereocenters. The molecular formula is C18H17N7OS. The van der Waals surface area contributed by atoms with E-state index in [2.05, 4.69) is 30.8 Å². The number of carbonyl (C=O) groups excluding carboxylic acids is 1. The Morgan fingerprint density at radius 2 is 2.04 bits per heavy atom. The summed E-state index contributed by atoms with van der Waals surface area (Å²) in [4.78, 5) is 21.2. The van der Waals surface area contributed by atoms with E-state index in [9.17, 15) is 4.79 Å². The second kappa shape index (κ2) is 7.12. The first-order valence-electron chi connectivity index (χ1n) is 8.25. The third kappa shape index (κ3) is 3.93. The van der Waals surface area contributed by atoms with Crippen molar-refractivity contribution < 1.29 is 4.79 Å². The standard InChI is InChI=1S/C18H17N7OS/c1-11-9-15(24-23-11)21-16-10-25-8-7-19-17(25)18(22-16)27-14-5-3-13(4-6-14)20-12(2)26/h3-10H,1-2H3,(H,20,26)(H2,21,23,24). The van der Waals surface area contributed by atoms with Gasteiger partial charge in [0.2, 0.25) is 5.91 Å². The summed E-state index contributed by atoms with van der Waals surface area (Å²) in [6.45, 7) is 3.43. The Balaban J connectivity index is 1.62. The third-order valence-electron chi connectivity index (χ3n) is 3.69. The van der Waals surface area contributed by atoms with E-state index in [1.165, 1.54) is 18.7 Å². The summed E-state index contributed by atoms with van der Waals surface area (Å²) in [5.74, 6) is 1.28. The number of aromatic nitrogens is 5. The van der Waals surface area contributed by atoms with Crippen molar-refractivity contribution in [2.75, 3.05) is 10.6 Å². The van der Waals surface area contributed by atoms with E-state index in [-0.39, 0.29) is 5.91 Å². The van der Waals surface area contributed by atoms with E-state index in [1.54, 1.807) is 6.20 Å². The molecule has 4 rings (SSSR count). The molecule has 3 heterocycles. The minimum atomic E-state index is -0.0939. The lowest BCUT2D eigenvalue weighted by Crippen LogP contribution is -2.05. The van der Waals surface area contributed by atoms with Crippen molar-refractivity contribution >= 4 is 40.6 Å². The van der Waals surface area contributed by atoms with Crippen molar-refractivity contribution in [2.45, 2.75) is 23.8 Å². The zero-order chi connectivity index (χ0) is 18.8. The quantitative estimate of drug-likeness (QED) is 0.490. The van der Waals surface area contributed by atoms with Crippen LogP contribution in [0.5, 0.6) is 0 Å². The lowest BCUT2D eigenvalue weighted by Gasteiger charge is -2.08. The summed E-state index contributed by atoms with van der Waals surface area (Å²) < 4.78 is 1.92. The van der Waals surface area contributed by atoms with Gasteiger partial charge in [-0.1, -0.05) is 11.8 Å². The summed E-state index contributed by atoms with van der Waals surface area (Å²) >= 11 is 1.50. The Morgan fingerprint density at radius 3 is 2.74 bits per heavy atom. The fraction of sp³-hybridized carbons (Fsp3) is 0.111. The molecule has 3 N–H and O–H groups in total. The van der Waals surface area contributed by atoms with Gasteiger partial charge in [0.25, 0.3) is 0 Å². The molecule has 1 aromatic carbocycles. The van der Waals surface area contributed by atoms with Crippen molar-refractivity contribution in [3.63, 3.8) is 0 Å². The van der Waals surface area contributed by atoms with Crippen LogP contribution in [0, 0.1) is 6.92 Å². The topological polar surface area (TPSA) is 100 Å². The number of anilines is 3. The van der Waals surface area contributed by atoms with E-state index in [1.807, 2.05) is 54.0 Å². The van der Waals surface area contributed by atoms with Gasteiger partial charge in [-0.2, -0.15) is 5.10 Å². The van der Waals surface area contributed by atoms with Gasteiger partial charge >= 0.3 is 0 Å². The number of aromatic amines is 1. The maximum atomic E-state index is 11.1. The van der Waals surface area contributed by atoms with E-state index < -0.39 is 0 Å². The number of carbonyl (C=O) groups is 1. The second-order valence-corrected chi connectivity index (χ2v) is 7.02. The van der Waals surface area contributed by atoms with Gasteiger partial charge in [0, 0.05) is 41.7 Å². The van der Waals surface area contributed by atoms with Crippen LogP contribution in [0.2, 0.25) is 0 Å². The average Bonchev–Trinajstić information content (AvgIpc) is 3.25. The fourth-order valence-corrected chi connectivity index (χ4v) is 3.45. The molecule has 0 fully saturated rings. The van der Waals surface area contributed by atoms with Crippen LogP contribution < -0.4 is 10.6 Å². The van der Waals surface area contributed by atoms with Crippen LogP contribution >= 0.6 is 11.8 Å². The average molecular weight is 379 g/mol. The van der Waals surface area contributed by atoms with Gasteiger partial charge in [0.1, 0.15) is 10.8 Å². The Kier molecular flexibility index (Phi) is 4.51. The Labute approximate surface area is 159 Å². The first-order chi connectivity index (χ1) is 13.1. The number of aryl methyl sites for hydroxylation is 1. The monoisotopic (exact) mass is 379 g/mol. The number of fused-ring (bicyclic) bond motifs is 1. The summed E-state index contributed by atoms with van der Waals surface area (Å²) in [6.07, 6.45) is 5.49. The van der Waals surface area contributed by atoms with Crippen LogP contribution in [0.3, 0.4) is 0 Å².